The fraction of sp³-hybridized carbons (Fsp3) is 0.160. The lowest BCUT2D eigenvalue weighted by atomic mass is 9.89. The molecule has 0 spiro atoms. The number of hydrogen-bond donors (Lipinski definition) is 3. The maximum atomic E-state index is 12.8. The molecule has 1 amide bonds. The molecule has 0 fully saturated rings. The summed E-state index contributed by atoms with van der Waals surface area (Å²) >= 11 is 0. The van der Waals surface area contributed by atoms with Crippen LogP contribution in [0.4, 0.5) is 0 Å². The number of methoxy groups -OCH3 is 2. The molecular formula is C25H24N2O4. The number of fused-ring (bicyclic) bond motifs is 1. The van der Waals surface area contributed by atoms with Gasteiger partial charge in [-0.2, -0.15) is 0 Å². The van der Waals surface area contributed by atoms with E-state index >= 15 is 0 Å². The van der Waals surface area contributed by atoms with Crippen LogP contribution in [0.25, 0.3) is 10.9 Å². The van der Waals surface area contributed by atoms with Gasteiger partial charge in [0.15, 0.2) is 11.5 Å². The first-order chi connectivity index (χ1) is 15.1. The lowest BCUT2D eigenvalue weighted by molar-refractivity contribution is 0.0949. The Labute approximate surface area is 180 Å². The Morgan fingerprint density at radius 1 is 0.968 bits per heavy atom. The normalized spacial score (nSPS) is 11.8. The molecule has 1 unspecified atom stereocenters. The van der Waals surface area contributed by atoms with Crippen LogP contribution < -0.4 is 14.8 Å². The molecule has 6 nitrogen and oxygen atoms in total. The highest BCUT2D eigenvalue weighted by Gasteiger charge is 2.24. The number of phenols is 1. The van der Waals surface area contributed by atoms with Crippen molar-refractivity contribution in [2.75, 3.05) is 20.8 Å². The summed E-state index contributed by atoms with van der Waals surface area (Å²) in [5.41, 5.74) is 3.16. The second-order valence-electron chi connectivity index (χ2n) is 7.15. The first-order valence-corrected chi connectivity index (χ1v) is 9.97. The summed E-state index contributed by atoms with van der Waals surface area (Å²) in [4.78, 5) is 16.1. The van der Waals surface area contributed by atoms with Crippen LogP contribution in [0.5, 0.6) is 17.2 Å². The number of carbonyl (C=O) groups is 1. The molecule has 0 aliphatic carbocycles. The fourth-order valence-electron chi connectivity index (χ4n) is 3.91. The Kier molecular flexibility index (Phi) is 5.80. The van der Waals surface area contributed by atoms with Gasteiger partial charge >= 0.3 is 0 Å². The number of carbonyl (C=O) groups excluding carboxylic acids is 1. The van der Waals surface area contributed by atoms with Gasteiger partial charge in [-0.1, -0.05) is 42.5 Å². The molecule has 1 atom stereocenters. The summed E-state index contributed by atoms with van der Waals surface area (Å²) in [7, 11) is 3.20. The maximum absolute atomic E-state index is 12.8. The zero-order chi connectivity index (χ0) is 21.8. The quantitative estimate of drug-likeness (QED) is 0.416. The van der Waals surface area contributed by atoms with E-state index in [1.54, 1.807) is 32.4 Å². The molecule has 0 saturated carbocycles. The van der Waals surface area contributed by atoms with E-state index < -0.39 is 0 Å². The average Bonchev–Trinajstić information content (AvgIpc) is 3.23. The third-order valence-electron chi connectivity index (χ3n) is 5.42. The van der Waals surface area contributed by atoms with Gasteiger partial charge in [0.05, 0.1) is 19.8 Å². The van der Waals surface area contributed by atoms with E-state index in [1.165, 1.54) is 6.07 Å². The Morgan fingerprint density at radius 2 is 1.74 bits per heavy atom. The van der Waals surface area contributed by atoms with Crippen molar-refractivity contribution in [2.45, 2.75) is 5.92 Å². The predicted molar refractivity (Wildman–Crippen MR) is 120 cm³/mol. The SMILES string of the molecule is COc1cccc(C(CNC(=O)c2ccccc2O)c2c[nH]c3ccccc23)c1OC. The Hall–Kier alpha value is -3.93. The van der Waals surface area contributed by atoms with E-state index in [1.807, 2.05) is 48.7 Å². The number of aromatic hydroxyl groups is 1. The summed E-state index contributed by atoms with van der Waals surface area (Å²) in [6.07, 6.45) is 1.96. The highest BCUT2D eigenvalue weighted by atomic mass is 16.5. The molecule has 4 rings (SSSR count). The van der Waals surface area contributed by atoms with Crippen LogP contribution in [0.3, 0.4) is 0 Å². The topological polar surface area (TPSA) is 83.6 Å². The van der Waals surface area contributed by atoms with Crippen LogP contribution in [-0.4, -0.2) is 36.8 Å². The number of rotatable bonds is 7. The van der Waals surface area contributed by atoms with Gasteiger partial charge in [0, 0.05) is 35.1 Å². The van der Waals surface area contributed by atoms with Crippen molar-refractivity contribution in [3.8, 4) is 17.2 Å². The molecule has 0 bridgehead atoms. The molecule has 31 heavy (non-hydrogen) atoms. The van der Waals surface area contributed by atoms with Gasteiger partial charge < -0.3 is 24.9 Å². The zero-order valence-electron chi connectivity index (χ0n) is 17.4. The number of amides is 1. The minimum atomic E-state index is -0.343. The van der Waals surface area contributed by atoms with Crippen LogP contribution in [0.1, 0.15) is 27.4 Å². The summed E-state index contributed by atoms with van der Waals surface area (Å²) in [5.74, 6) is 0.636. The number of H-pyrrole nitrogens is 1. The van der Waals surface area contributed by atoms with Crippen LogP contribution in [0.2, 0.25) is 0 Å². The average molecular weight is 416 g/mol. The standard InChI is InChI=1S/C25H24N2O4/c1-30-23-13-7-10-17(24(23)31-2)20(19-14-26-21-11-5-3-8-16(19)21)15-27-25(29)18-9-4-6-12-22(18)28/h3-14,20,26,28H,15H2,1-2H3,(H,27,29). The van der Waals surface area contributed by atoms with E-state index in [4.69, 9.17) is 9.47 Å². The molecule has 0 saturated heterocycles. The van der Waals surface area contributed by atoms with Crippen molar-refractivity contribution in [2.24, 2.45) is 0 Å². The van der Waals surface area contributed by atoms with Crippen molar-refractivity contribution in [3.05, 3.63) is 89.6 Å². The largest absolute Gasteiger partial charge is 0.507 e. The maximum Gasteiger partial charge on any atom is 0.255 e. The summed E-state index contributed by atoms with van der Waals surface area (Å²) < 4.78 is 11.2. The van der Waals surface area contributed by atoms with Crippen LogP contribution in [0, 0.1) is 0 Å². The lowest BCUT2D eigenvalue weighted by Crippen LogP contribution is -2.29. The van der Waals surface area contributed by atoms with Crippen molar-refractivity contribution >= 4 is 16.8 Å². The van der Waals surface area contributed by atoms with E-state index in [9.17, 15) is 9.90 Å². The highest BCUT2D eigenvalue weighted by molar-refractivity contribution is 5.96. The first-order valence-electron chi connectivity index (χ1n) is 9.97. The van der Waals surface area contributed by atoms with Crippen LogP contribution in [0.15, 0.2) is 72.9 Å². The monoisotopic (exact) mass is 416 g/mol. The van der Waals surface area contributed by atoms with Gasteiger partial charge in [0.2, 0.25) is 0 Å². The van der Waals surface area contributed by atoms with Gasteiger partial charge in [-0.25, -0.2) is 0 Å². The third-order valence-corrected chi connectivity index (χ3v) is 5.42. The van der Waals surface area contributed by atoms with E-state index in [0.717, 1.165) is 22.0 Å². The number of phenolic OH excluding ortho intramolecular Hbond substituents is 1. The van der Waals surface area contributed by atoms with Crippen LogP contribution >= 0.6 is 0 Å². The lowest BCUT2D eigenvalue weighted by Gasteiger charge is -2.22. The number of aromatic nitrogens is 1. The molecule has 158 valence electrons. The minimum Gasteiger partial charge on any atom is -0.507 e. The van der Waals surface area contributed by atoms with Gasteiger partial charge in [0.25, 0.3) is 5.91 Å². The number of hydrogen-bond acceptors (Lipinski definition) is 4. The number of aromatic amines is 1. The first kappa shape index (κ1) is 20.3. The highest BCUT2D eigenvalue weighted by Crippen LogP contribution is 2.40. The van der Waals surface area contributed by atoms with Gasteiger partial charge in [-0.3, -0.25) is 4.79 Å². The van der Waals surface area contributed by atoms with E-state index in [-0.39, 0.29) is 23.1 Å². The summed E-state index contributed by atoms with van der Waals surface area (Å²) in [5, 5.41) is 14.1. The predicted octanol–water partition coefficient (Wildman–Crippen LogP) is 4.45. The van der Waals surface area contributed by atoms with E-state index in [0.29, 0.717) is 18.0 Å². The van der Waals surface area contributed by atoms with E-state index in [2.05, 4.69) is 10.3 Å². The number of ether oxygens (including phenoxy) is 2. The second-order valence-corrected chi connectivity index (χ2v) is 7.15. The molecule has 3 N–H and O–H groups in total. The fourth-order valence-corrected chi connectivity index (χ4v) is 3.91. The zero-order valence-corrected chi connectivity index (χ0v) is 17.4. The Morgan fingerprint density at radius 3 is 2.52 bits per heavy atom. The molecule has 0 radical (unpaired) electrons. The molecule has 0 aliphatic heterocycles. The Balaban J connectivity index is 1.75. The molecule has 4 aromatic rings. The molecule has 6 heteroatoms. The number of para-hydroxylation sites is 3. The molecule has 0 aliphatic rings. The minimum absolute atomic E-state index is 0.0531. The third kappa shape index (κ3) is 3.92. The molecular weight excluding hydrogens is 392 g/mol. The number of benzene rings is 3. The Bertz CT molecular complexity index is 1220. The summed E-state index contributed by atoms with van der Waals surface area (Å²) in [6.45, 7) is 0.304. The van der Waals surface area contributed by atoms with Crippen molar-refractivity contribution < 1.29 is 19.4 Å². The van der Waals surface area contributed by atoms with Gasteiger partial charge in [-0.05, 0) is 29.8 Å². The molecule has 3 aromatic carbocycles. The van der Waals surface area contributed by atoms with Crippen LogP contribution in [-0.2, 0) is 0 Å². The molecule has 1 heterocycles. The van der Waals surface area contributed by atoms with Crippen molar-refractivity contribution in [1.82, 2.24) is 10.3 Å². The summed E-state index contributed by atoms with van der Waals surface area (Å²) in [6, 6.07) is 20.2. The van der Waals surface area contributed by atoms with Gasteiger partial charge in [0.1, 0.15) is 5.75 Å². The molecule has 1 aromatic heterocycles. The van der Waals surface area contributed by atoms with Crippen molar-refractivity contribution in [3.63, 3.8) is 0 Å². The number of nitrogens with one attached hydrogen (secondary N) is 2. The van der Waals surface area contributed by atoms with Crippen molar-refractivity contribution in [1.29, 1.82) is 0 Å². The smallest absolute Gasteiger partial charge is 0.255 e. The van der Waals surface area contributed by atoms with Gasteiger partial charge in [-0.15, -0.1) is 0 Å². The second kappa shape index (κ2) is 8.83.